The van der Waals surface area contributed by atoms with Crippen LogP contribution in [-0.4, -0.2) is 8.42 Å². The highest BCUT2D eigenvalue weighted by molar-refractivity contribution is 7.92. The minimum atomic E-state index is -4.11. The van der Waals surface area contributed by atoms with E-state index in [1.54, 1.807) is 26.0 Å². The molecule has 0 amide bonds. The van der Waals surface area contributed by atoms with Gasteiger partial charge in [0.15, 0.2) is 0 Å². The van der Waals surface area contributed by atoms with Crippen molar-refractivity contribution in [3.63, 3.8) is 0 Å². The van der Waals surface area contributed by atoms with Gasteiger partial charge >= 0.3 is 0 Å². The molecule has 0 aliphatic rings. The highest BCUT2D eigenvalue weighted by Gasteiger charge is 2.32. The molecule has 0 N–H and O–H groups in total. The lowest BCUT2D eigenvalue weighted by molar-refractivity contribution is 0.569. The summed E-state index contributed by atoms with van der Waals surface area (Å²) in [4.78, 5) is -0.0318. The lowest BCUT2D eigenvalue weighted by Gasteiger charge is -2.31. The Hall–Kier alpha value is -2.44. The first kappa shape index (κ1) is 20.3. The van der Waals surface area contributed by atoms with Gasteiger partial charge in [-0.05, 0) is 61.9 Å². The third kappa shape index (κ3) is 3.88. The van der Waals surface area contributed by atoms with Gasteiger partial charge in [0, 0.05) is 10.6 Å². The van der Waals surface area contributed by atoms with E-state index in [9.17, 15) is 17.2 Å². The van der Waals surface area contributed by atoms with Crippen molar-refractivity contribution in [1.82, 2.24) is 0 Å². The van der Waals surface area contributed by atoms with E-state index < -0.39 is 27.7 Å². The first-order chi connectivity index (χ1) is 13.2. The maximum atomic E-state index is 14.4. The Kier molecular flexibility index (Phi) is 5.72. The zero-order valence-corrected chi connectivity index (χ0v) is 16.8. The van der Waals surface area contributed by atoms with Gasteiger partial charge in [0.25, 0.3) is 10.0 Å². The Morgan fingerprint density at radius 3 is 2.21 bits per heavy atom. The van der Waals surface area contributed by atoms with Gasteiger partial charge in [-0.15, -0.1) is 0 Å². The number of halogens is 3. The molecular weight excluding hydrogens is 404 g/mol. The zero-order chi connectivity index (χ0) is 20.5. The molecular formula is C21H18ClF2NO2S. The van der Waals surface area contributed by atoms with Gasteiger partial charge in [-0.2, -0.15) is 0 Å². The molecule has 0 aromatic heterocycles. The molecule has 0 heterocycles. The van der Waals surface area contributed by atoms with Crippen molar-refractivity contribution in [2.45, 2.75) is 24.8 Å². The number of sulfonamides is 1. The minimum Gasteiger partial charge on any atom is -0.259 e. The maximum Gasteiger partial charge on any atom is 0.264 e. The standard InChI is InChI=1S/C21H18ClF2NO2S/c1-14-7-12-18(13-20(14)22)28(26,27)25(17-10-8-16(23)9-11-17)15(2)19-5-3-4-6-21(19)24/h3-13,15H,1-2H3/t15-/m1/s1. The van der Waals surface area contributed by atoms with Crippen LogP contribution in [0.4, 0.5) is 14.5 Å². The SMILES string of the molecule is Cc1ccc(S(=O)(=O)N(c2ccc(F)cc2)[C@H](C)c2ccccc2F)cc1Cl. The average molecular weight is 422 g/mol. The van der Waals surface area contributed by atoms with Crippen LogP contribution < -0.4 is 4.31 Å². The van der Waals surface area contributed by atoms with Crippen molar-refractivity contribution in [3.05, 3.63) is 94.5 Å². The number of anilines is 1. The second kappa shape index (κ2) is 7.89. The summed E-state index contributed by atoms with van der Waals surface area (Å²) in [6.45, 7) is 3.34. The third-order valence-electron chi connectivity index (χ3n) is 4.49. The van der Waals surface area contributed by atoms with Crippen LogP contribution in [0.3, 0.4) is 0 Å². The number of rotatable bonds is 5. The normalized spacial score (nSPS) is 12.6. The van der Waals surface area contributed by atoms with Gasteiger partial charge in [0.05, 0.1) is 16.6 Å². The monoisotopic (exact) mass is 421 g/mol. The summed E-state index contributed by atoms with van der Waals surface area (Å²) in [5.74, 6) is -1.03. The van der Waals surface area contributed by atoms with E-state index in [-0.39, 0.29) is 16.1 Å². The summed E-state index contributed by atoms with van der Waals surface area (Å²) in [7, 11) is -4.11. The van der Waals surface area contributed by atoms with E-state index in [2.05, 4.69) is 0 Å². The fourth-order valence-corrected chi connectivity index (χ4v) is 4.85. The molecule has 28 heavy (non-hydrogen) atoms. The van der Waals surface area contributed by atoms with Gasteiger partial charge in [-0.1, -0.05) is 35.9 Å². The fraction of sp³-hybridized carbons (Fsp3) is 0.143. The highest BCUT2D eigenvalue weighted by Crippen LogP contribution is 2.35. The molecule has 0 radical (unpaired) electrons. The molecule has 1 atom stereocenters. The smallest absolute Gasteiger partial charge is 0.259 e. The van der Waals surface area contributed by atoms with Gasteiger partial charge in [-0.25, -0.2) is 17.2 Å². The molecule has 0 aliphatic carbocycles. The quantitative estimate of drug-likeness (QED) is 0.515. The molecule has 0 spiro atoms. The van der Waals surface area contributed by atoms with Gasteiger partial charge in [0.2, 0.25) is 0 Å². The Morgan fingerprint density at radius 1 is 0.964 bits per heavy atom. The van der Waals surface area contributed by atoms with Crippen molar-refractivity contribution >= 4 is 27.3 Å². The lowest BCUT2D eigenvalue weighted by atomic mass is 10.1. The van der Waals surface area contributed by atoms with Crippen LogP contribution in [0.2, 0.25) is 5.02 Å². The predicted octanol–water partition coefficient (Wildman–Crippen LogP) is 5.88. The van der Waals surface area contributed by atoms with Crippen LogP contribution >= 0.6 is 11.6 Å². The summed E-state index contributed by atoms with van der Waals surface area (Å²) in [5, 5.41) is 0.304. The van der Waals surface area contributed by atoms with Gasteiger partial charge < -0.3 is 0 Å². The molecule has 3 nitrogen and oxygen atoms in total. The Balaban J connectivity index is 2.19. The first-order valence-electron chi connectivity index (χ1n) is 8.52. The van der Waals surface area contributed by atoms with E-state index in [4.69, 9.17) is 11.6 Å². The lowest BCUT2D eigenvalue weighted by Crippen LogP contribution is -2.34. The first-order valence-corrected chi connectivity index (χ1v) is 10.3. The van der Waals surface area contributed by atoms with Crippen molar-refractivity contribution in [2.24, 2.45) is 0 Å². The third-order valence-corrected chi connectivity index (χ3v) is 6.79. The summed E-state index contributed by atoms with van der Waals surface area (Å²) in [6.07, 6.45) is 0. The number of nitrogens with zero attached hydrogens (tertiary/aromatic N) is 1. The van der Waals surface area contributed by atoms with Gasteiger partial charge in [-0.3, -0.25) is 4.31 Å². The highest BCUT2D eigenvalue weighted by atomic mass is 35.5. The second-order valence-corrected chi connectivity index (χ2v) is 8.61. The molecule has 0 bridgehead atoms. The van der Waals surface area contributed by atoms with E-state index >= 15 is 0 Å². The number of aryl methyl sites for hydroxylation is 1. The molecule has 0 aliphatic heterocycles. The number of hydrogen-bond donors (Lipinski definition) is 0. The summed E-state index contributed by atoms with van der Waals surface area (Å²) >= 11 is 6.12. The molecule has 3 aromatic rings. The van der Waals surface area contributed by atoms with Crippen molar-refractivity contribution in [3.8, 4) is 0 Å². The molecule has 0 fully saturated rings. The summed E-state index contributed by atoms with van der Waals surface area (Å²) in [6, 6.07) is 14.5. The molecule has 3 rings (SSSR count). The average Bonchev–Trinajstić information content (AvgIpc) is 2.65. The van der Waals surface area contributed by atoms with Crippen LogP contribution in [0.25, 0.3) is 0 Å². The zero-order valence-electron chi connectivity index (χ0n) is 15.2. The van der Waals surface area contributed by atoms with Crippen molar-refractivity contribution in [1.29, 1.82) is 0 Å². The molecule has 7 heteroatoms. The maximum absolute atomic E-state index is 14.4. The molecule has 0 saturated heterocycles. The Labute approximate surface area is 168 Å². The summed E-state index contributed by atoms with van der Waals surface area (Å²) in [5.41, 5.74) is 1.15. The topological polar surface area (TPSA) is 37.4 Å². The van der Waals surface area contributed by atoms with Crippen LogP contribution in [0.1, 0.15) is 24.1 Å². The minimum absolute atomic E-state index is 0.0318. The van der Waals surface area contributed by atoms with Crippen LogP contribution in [0.15, 0.2) is 71.6 Å². The van der Waals surface area contributed by atoms with Crippen LogP contribution in [0, 0.1) is 18.6 Å². The Morgan fingerprint density at radius 2 is 1.61 bits per heavy atom. The second-order valence-electron chi connectivity index (χ2n) is 6.39. The van der Waals surface area contributed by atoms with Crippen molar-refractivity contribution in [2.75, 3.05) is 4.31 Å². The molecule has 0 unspecified atom stereocenters. The molecule has 3 aromatic carbocycles. The molecule has 146 valence electrons. The van der Waals surface area contributed by atoms with Crippen LogP contribution in [-0.2, 0) is 10.0 Å². The van der Waals surface area contributed by atoms with E-state index in [1.807, 2.05) is 0 Å². The predicted molar refractivity (Wildman–Crippen MR) is 107 cm³/mol. The van der Waals surface area contributed by atoms with Gasteiger partial charge in [0.1, 0.15) is 11.6 Å². The molecule has 0 saturated carbocycles. The van der Waals surface area contributed by atoms with E-state index in [0.717, 1.165) is 22.0 Å². The fourth-order valence-electron chi connectivity index (χ4n) is 2.95. The van der Waals surface area contributed by atoms with E-state index in [1.165, 1.54) is 42.5 Å². The number of hydrogen-bond acceptors (Lipinski definition) is 2. The Bertz CT molecular complexity index is 1100. The van der Waals surface area contributed by atoms with E-state index in [0.29, 0.717) is 5.02 Å². The van der Waals surface area contributed by atoms with Crippen LogP contribution in [0.5, 0.6) is 0 Å². The summed E-state index contributed by atoms with van der Waals surface area (Å²) < 4.78 is 55.8. The number of benzene rings is 3. The van der Waals surface area contributed by atoms with Crippen molar-refractivity contribution < 1.29 is 17.2 Å². The largest absolute Gasteiger partial charge is 0.264 e.